The lowest BCUT2D eigenvalue weighted by molar-refractivity contribution is 0.326. The van der Waals surface area contributed by atoms with E-state index in [-0.39, 0.29) is 0 Å². The van der Waals surface area contributed by atoms with E-state index < -0.39 is 0 Å². The molecule has 0 heterocycles. The molecule has 23 heavy (non-hydrogen) atoms. The monoisotopic (exact) mass is 309 g/mol. The van der Waals surface area contributed by atoms with Gasteiger partial charge in [0.2, 0.25) is 0 Å². The summed E-state index contributed by atoms with van der Waals surface area (Å²) in [6.45, 7) is 3.07. The largest absolute Gasteiger partial charge is 0.491 e. The average Bonchev–Trinajstić information content (AvgIpc) is 3.01. The number of nitrogens with one attached hydrogen (secondary N) is 1. The summed E-state index contributed by atoms with van der Waals surface area (Å²) in [5.41, 5.74) is 11.0. The van der Waals surface area contributed by atoms with E-state index in [9.17, 15) is 0 Å². The zero-order chi connectivity index (χ0) is 16.1. The van der Waals surface area contributed by atoms with E-state index in [0.717, 1.165) is 23.4 Å². The molecule has 0 aliphatic heterocycles. The fraction of sp³-hybridized carbons (Fsp3) is 0.316. The van der Waals surface area contributed by atoms with Gasteiger partial charge < -0.3 is 15.8 Å². The highest BCUT2D eigenvalue weighted by Crippen LogP contribution is 2.24. The van der Waals surface area contributed by atoms with Gasteiger partial charge in [0.1, 0.15) is 12.4 Å². The average molecular weight is 309 g/mol. The molecule has 3 N–H and O–H groups in total. The van der Waals surface area contributed by atoms with Crippen molar-refractivity contribution in [3.63, 3.8) is 0 Å². The zero-order valence-electron chi connectivity index (χ0n) is 13.5. The van der Waals surface area contributed by atoms with Crippen LogP contribution in [-0.4, -0.2) is 19.1 Å². The molecule has 0 bridgehead atoms. The molecule has 0 spiro atoms. The van der Waals surface area contributed by atoms with Gasteiger partial charge >= 0.3 is 0 Å². The molecule has 2 aromatic rings. The molecule has 1 aliphatic rings. The highest BCUT2D eigenvalue weighted by atomic mass is 16.5. The zero-order valence-corrected chi connectivity index (χ0v) is 13.5. The quantitative estimate of drug-likeness (QED) is 0.506. The standard InChI is InChI=1S/C19H23N3O/c1-14-5-2-3-8-18(14)23-12-11-21-19(20)22-17-10-9-15-6-4-7-16(15)13-17/h2-3,5,8-10,13H,4,6-7,11-12H2,1H3,(H3,20,21,22). The summed E-state index contributed by atoms with van der Waals surface area (Å²) >= 11 is 0. The third-order valence-corrected chi connectivity index (χ3v) is 4.10. The molecule has 0 radical (unpaired) electrons. The van der Waals surface area contributed by atoms with Crippen molar-refractivity contribution in [2.24, 2.45) is 10.7 Å². The summed E-state index contributed by atoms with van der Waals surface area (Å²) in [4.78, 5) is 4.32. The number of hydrogen-bond acceptors (Lipinski definition) is 2. The summed E-state index contributed by atoms with van der Waals surface area (Å²) in [6, 6.07) is 14.4. The normalized spacial score (nSPS) is 13.7. The van der Waals surface area contributed by atoms with Gasteiger partial charge in [-0.15, -0.1) is 0 Å². The minimum absolute atomic E-state index is 0.427. The van der Waals surface area contributed by atoms with Crippen LogP contribution in [0.4, 0.5) is 5.69 Å². The number of benzene rings is 2. The Balaban J connectivity index is 1.49. The number of guanidine groups is 1. The first kappa shape index (κ1) is 15.4. The van der Waals surface area contributed by atoms with Crippen molar-refractivity contribution in [2.45, 2.75) is 26.2 Å². The van der Waals surface area contributed by atoms with Gasteiger partial charge in [-0.25, -0.2) is 4.99 Å². The van der Waals surface area contributed by atoms with Crippen molar-refractivity contribution in [3.8, 4) is 5.75 Å². The number of nitrogens with two attached hydrogens (primary N) is 1. The van der Waals surface area contributed by atoms with Crippen molar-refractivity contribution in [1.29, 1.82) is 0 Å². The van der Waals surface area contributed by atoms with E-state index in [2.05, 4.69) is 28.5 Å². The lowest BCUT2D eigenvalue weighted by atomic mass is 10.1. The molecule has 3 rings (SSSR count). The molecule has 0 saturated heterocycles. The molecule has 120 valence electrons. The lowest BCUT2D eigenvalue weighted by Crippen LogP contribution is -2.23. The molecule has 0 saturated carbocycles. The number of anilines is 1. The summed E-state index contributed by atoms with van der Waals surface area (Å²) in [5, 5.41) is 3.15. The molecule has 0 unspecified atom stereocenters. The SMILES string of the molecule is Cc1ccccc1OCCN=C(N)Nc1ccc2c(c1)CCC2. The van der Waals surface area contributed by atoms with Gasteiger partial charge in [0.25, 0.3) is 0 Å². The smallest absolute Gasteiger partial charge is 0.193 e. The predicted octanol–water partition coefficient (Wildman–Crippen LogP) is 3.29. The van der Waals surface area contributed by atoms with Crippen LogP contribution < -0.4 is 15.8 Å². The summed E-state index contributed by atoms with van der Waals surface area (Å²) in [5.74, 6) is 1.32. The minimum atomic E-state index is 0.427. The molecule has 2 aromatic carbocycles. The Hall–Kier alpha value is -2.49. The van der Waals surface area contributed by atoms with Crippen LogP contribution in [0.15, 0.2) is 47.5 Å². The van der Waals surface area contributed by atoms with Gasteiger partial charge in [0.15, 0.2) is 5.96 Å². The van der Waals surface area contributed by atoms with Crippen LogP contribution in [0.1, 0.15) is 23.1 Å². The van der Waals surface area contributed by atoms with E-state index in [0.29, 0.717) is 19.1 Å². The third kappa shape index (κ3) is 4.03. The van der Waals surface area contributed by atoms with Gasteiger partial charge in [-0.2, -0.15) is 0 Å². The second-order valence-corrected chi connectivity index (χ2v) is 5.84. The maximum absolute atomic E-state index is 5.94. The first-order chi connectivity index (χ1) is 11.2. The van der Waals surface area contributed by atoms with Crippen LogP contribution in [0.5, 0.6) is 5.75 Å². The molecule has 0 aromatic heterocycles. The van der Waals surface area contributed by atoms with E-state index in [4.69, 9.17) is 10.5 Å². The summed E-state index contributed by atoms with van der Waals surface area (Å²) in [6.07, 6.45) is 3.60. The van der Waals surface area contributed by atoms with Crippen molar-refractivity contribution < 1.29 is 4.74 Å². The highest BCUT2D eigenvalue weighted by Gasteiger charge is 2.10. The predicted molar refractivity (Wildman–Crippen MR) is 95.3 cm³/mol. The number of aryl methyl sites for hydroxylation is 3. The molecular weight excluding hydrogens is 286 g/mol. The molecule has 4 nitrogen and oxygen atoms in total. The number of aliphatic imine (C=N–C) groups is 1. The maximum Gasteiger partial charge on any atom is 0.193 e. The Morgan fingerprint density at radius 1 is 1.17 bits per heavy atom. The third-order valence-electron chi connectivity index (χ3n) is 4.10. The van der Waals surface area contributed by atoms with E-state index in [1.54, 1.807) is 0 Å². The van der Waals surface area contributed by atoms with Gasteiger partial charge in [0, 0.05) is 5.69 Å². The molecular formula is C19H23N3O. The van der Waals surface area contributed by atoms with Gasteiger partial charge in [-0.05, 0) is 61.1 Å². The number of fused-ring (bicyclic) bond motifs is 1. The number of ether oxygens (including phenoxy) is 1. The summed E-state index contributed by atoms with van der Waals surface area (Å²) in [7, 11) is 0. The Morgan fingerprint density at radius 3 is 2.87 bits per heavy atom. The van der Waals surface area contributed by atoms with Crippen LogP contribution in [-0.2, 0) is 12.8 Å². The van der Waals surface area contributed by atoms with E-state index >= 15 is 0 Å². The number of rotatable bonds is 5. The molecule has 1 aliphatic carbocycles. The first-order valence-corrected chi connectivity index (χ1v) is 8.09. The Morgan fingerprint density at radius 2 is 2.00 bits per heavy atom. The van der Waals surface area contributed by atoms with Crippen molar-refractivity contribution in [1.82, 2.24) is 0 Å². The number of para-hydroxylation sites is 1. The number of hydrogen-bond donors (Lipinski definition) is 2. The van der Waals surface area contributed by atoms with Crippen LogP contribution in [0.3, 0.4) is 0 Å². The lowest BCUT2D eigenvalue weighted by Gasteiger charge is -2.09. The molecule has 0 fully saturated rings. The van der Waals surface area contributed by atoms with Crippen molar-refractivity contribution >= 4 is 11.6 Å². The Labute approximate surface area is 137 Å². The summed E-state index contributed by atoms with van der Waals surface area (Å²) < 4.78 is 5.71. The maximum atomic E-state index is 5.94. The number of nitrogens with zero attached hydrogens (tertiary/aromatic N) is 1. The molecule has 0 atom stereocenters. The second-order valence-electron chi connectivity index (χ2n) is 5.84. The molecule has 0 amide bonds. The van der Waals surface area contributed by atoms with Crippen LogP contribution in [0.25, 0.3) is 0 Å². The topological polar surface area (TPSA) is 59.6 Å². The van der Waals surface area contributed by atoms with E-state index in [1.807, 2.05) is 31.2 Å². The minimum Gasteiger partial charge on any atom is -0.491 e. The fourth-order valence-corrected chi connectivity index (χ4v) is 2.88. The second kappa shape index (κ2) is 7.18. The van der Waals surface area contributed by atoms with Gasteiger partial charge in [0.05, 0.1) is 6.54 Å². The Bertz CT molecular complexity index is 710. The van der Waals surface area contributed by atoms with Crippen LogP contribution in [0, 0.1) is 6.92 Å². The highest BCUT2D eigenvalue weighted by molar-refractivity contribution is 5.92. The first-order valence-electron chi connectivity index (χ1n) is 8.09. The van der Waals surface area contributed by atoms with Crippen LogP contribution in [0.2, 0.25) is 0 Å². The van der Waals surface area contributed by atoms with Crippen LogP contribution >= 0.6 is 0 Å². The van der Waals surface area contributed by atoms with Crippen molar-refractivity contribution in [3.05, 3.63) is 59.2 Å². The van der Waals surface area contributed by atoms with E-state index in [1.165, 1.54) is 24.0 Å². The van der Waals surface area contributed by atoms with Crippen molar-refractivity contribution in [2.75, 3.05) is 18.5 Å². The molecule has 4 heteroatoms. The fourth-order valence-electron chi connectivity index (χ4n) is 2.88. The Kier molecular flexibility index (Phi) is 4.81. The van der Waals surface area contributed by atoms with Gasteiger partial charge in [-0.3, -0.25) is 0 Å². The van der Waals surface area contributed by atoms with Gasteiger partial charge in [-0.1, -0.05) is 24.3 Å².